The highest BCUT2D eigenvalue weighted by atomic mass is 32.2. The van der Waals surface area contributed by atoms with Gasteiger partial charge in [0.25, 0.3) is 0 Å². The second-order valence-electron chi connectivity index (χ2n) is 3.70. The highest BCUT2D eigenvalue weighted by Gasteiger charge is 2.01. The first kappa shape index (κ1) is 15.1. The Hall–Kier alpha value is -2.00. The van der Waals surface area contributed by atoms with Crippen LogP contribution >= 0.6 is 11.8 Å². The number of amidine groups is 1. The van der Waals surface area contributed by atoms with Crippen molar-refractivity contribution >= 4 is 34.2 Å². The molecule has 1 rings (SSSR count). The zero-order chi connectivity index (χ0) is 14.1. The van der Waals surface area contributed by atoms with Crippen LogP contribution in [0.2, 0.25) is 0 Å². The Morgan fingerprint density at radius 2 is 2.11 bits per heavy atom. The van der Waals surface area contributed by atoms with E-state index in [-0.39, 0.29) is 5.91 Å². The summed E-state index contributed by atoms with van der Waals surface area (Å²) in [5, 5.41) is 14.4. The van der Waals surface area contributed by atoms with Gasteiger partial charge in [-0.05, 0) is 36.9 Å². The van der Waals surface area contributed by atoms with E-state index in [0.29, 0.717) is 11.6 Å². The van der Waals surface area contributed by atoms with Gasteiger partial charge in [-0.3, -0.25) is 10.1 Å². The first-order valence-electron chi connectivity index (χ1n) is 5.87. The van der Waals surface area contributed by atoms with Crippen molar-refractivity contribution in [3.63, 3.8) is 0 Å². The Bertz CT molecular complexity index is 490. The summed E-state index contributed by atoms with van der Waals surface area (Å²) in [5.41, 5.74) is 1.47. The van der Waals surface area contributed by atoms with Crippen LogP contribution < -0.4 is 10.6 Å². The highest BCUT2D eigenvalue weighted by molar-refractivity contribution is 8.13. The lowest BCUT2D eigenvalue weighted by Crippen LogP contribution is -2.12. The van der Waals surface area contributed by atoms with Crippen LogP contribution in [0.3, 0.4) is 0 Å². The maximum atomic E-state index is 11.4. The Balaban J connectivity index is 2.71. The van der Waals surface area contributed by atoms with Crippen LogP contribution in [0.1, 0.15) is 19.8 Å². The maximum Gasteiger partial charge on any atom is 0.224 e. The second-order valence-corrected chi connectivity index (χ2v) is 4.50. The minimum Gasteiger partial charge on any atom is -0.326 e. The number of nitrogens with zero attached hydrogens (tertiary/aromatic N) is 2. The van der Waals surface area contributed by atoms with Gasteiger partial charge in [0.15, 0.2) is 11.4 Å². The van der Waals surface area contributed by atoms with Gasteiger partial charge in [-0.15, -0.1) is 0 Å². The summed E-state index contributed by atoms with van der Waals surface area (Å²) in [4.78, 5) is 15.7. The number of thioether (sulfide) groups is 1. The number of anilines is 1. The number of benzene rings is 1. The molecule has 0 aliphatic carbocycles. The number of aliphatic imine (C=N–C) groups is 1. The summed E-state index contributed by atoms with van der Waals surface area (Å²) in [6.07, 6.45) is 5.01. The maximum absolute atomic E-state index is 11.4. The molecule has 0 radical (unpaired) electrons. The lowest BCUT2D eigenvalue weighted by Gasteiger charge is -2.05. The first-order chi connectivity index (χ1) is 9.19. The third-order valence-corrected chi connectivity index (χ3v) is 2.79. The summed E-state index contributed by atoms with van der Waals surface area (Å²) < 4.78 is 0. The van der Waals surface area contributed by atoms with E-state index in [1.54, 1.807) is 24.3 Å². The Kier molecular flexibility index (Phi) is 6.47. The van der Waals surface area contributed by atoms with E-state index in [1.165, 1.54) is 11.8 Å². The SMILES string of the molecule is CCCC(=O)Nc1ccc(N=C(NC#N)SC)cc1. The molecule has 1 aromatic carbocycles. The van der Waals surface area contributed by atoms with Crippen molar-refractivity contribution in [1.29, 1.82) is 5.26 Å². The van der Waals surface area contributed by atoms with Gasteiger partial charge in [0, 0.05) is 12.1 Å². The molecule has 6 heteroatoms. The minimum atomic E-state index is 0.00898. The summed E-state index contributed by atoms with van der Waals surface area (Å²) in [7, 11) is 0. The first-order valence-corrected chi connectivity index (χ1v) is 7.09. The molecular formula is C13H16N4OS. The molecule has 5 nitrogen and oxygen atoms in total. The molecule has 0 fully saturated rings. The average Bonchev–Trinajstić information content (AvgIpc) is 2.40. The standard InChI is InChI=1S/C13H16N4OS/c1-3-4-12(18)16-10-5-7-11(8-6-10)17-13(19-2)15-9-14/h5-8H,3-4H2,1-2H3,(H,15,17)(H,16,18). The molecule has 0 aromatic heterocycles. The number of carbonyl (C=O) groups excluding carboxylic acids is 1. The number of amides is 1. The van der Waals surface area contributed by atoms with Gasteiger partial charge in [0.2, 0.25) is 5.91 Å². The lowest BCUT2D eigenvalue weighted by molar-refractivity contribution is -0.116. The van der Waals surface area contributed by atoms with E-state index >= 15 is 0 Å². The quantitative estimate of drug-likeness (QED) is 0.384. The van der Waals surface area contributed by atoms with E-state index in [1.807, 2.05) is 19.4 Å². The Morgan fingerprint density at radius 1 is 1.42 bits per heavy atom. The molecule has 19 heavy (non-hydrogen) atoms. The molecule has 0 unspecified atom stereocenters. The molecule has 0 aliphatic heterocycles. The van der Waals surface area contributed by atoms with Gasteiger partial charge in [0.1, 0.15) is 0 Å². The third-order valence-electron chi connectivity index (χ3n) is 2.21. The zero-order valence-electron chi connectivity index (χ0n) is 10.9. The molecule has 0 spiro atoms. The predicted octanol–water partition coefficient (Wildman–Crippen LogP) is 2.85. The smallest absolute Gasteiger partial charge is 0.224 e. The van der Waals surface area contributed by atoms with Gasteiger partial charge in [-0.2, -0.15) is 5.26 Å². The number of hydrogen-bond acceptors (Lipinski definition) is 4. The molecule has 100 valence electrons. The largest absolute Gasteiger partial charge is 0.326 e. The summed E-state index contributed by atoms with van der Waals surface area (Å²) in [6.45, 7) is 1.96. The van der Waals surface area contributed by atoms with E-state index in [0.717, 1.165) is 17.8 Å². The second kappa shape index (κ2) is 8.16. The summed E-state index contributed by atoms with van der Waals surface area (Å²) >= 11 is 1.36. The van der Waals surface area contributed by atoms with Crippen molar-refractivity contribution in [2.24, 2.45) is 4.99 Å². The van der Waals surface area contributed by atoms with Crippen molar-refractivity contribution in [3.8, 4) is 6.19 Å². The van der Waals surface area contributed by atoms with Gasteiger partial charge >= 0.3 is 0 Å². The lowest BCUT2D eigenvalue weighted by atomic mass is 10.2. The van der Waals surface area contributed by atoms with Crippen molar-refractivity contribution in [1.82, 2.24) is 5.32 Å². The molecule has 1 amide bonds. The fraction of sp³-hybridized carbons (Fsp3) is 0.308. The van der Waals surface area contributed by atoms with Gasteiger partial charge < -0.3 is 5.32 Å². The number of nitriles is 1. The van der Waals surface area contributed by atoms with Crippen LogP contribution in [0.5, 0.6) is 0 Å². The number of rotatable bonds is 4. The molecule has 0 saturated carbocycles. The highest BCUT2D eigenvalue weighted by Crippen LogP contribution is 2.17. The van der Waals surface area contributed by atoms with Crippen LogP contribution in [-0.2, 0) is 4.79 Å². The Morgan fingerprint density at radius 3 is 2.63 bits per heavy atom. The van der Waals surface area contributed by atoms with Gasteiger partial charge in [-0.25, -0.2) is 4.99 Å². The molecule has 0 bridgehead atoms. The Labute approximate surface area is 117 Å². The zero-order valence-corrected chi connectivity index (χ0v) is 11.8. The van der Waals surface area contributed by atoms with Crippen LogP contribution in [0.4, 0.5) is 11.4 Å². The van der Waals surface area contributed by atoms with E-state index in [4.69, 9.17) is 5.26 Å². The predicted molar refractivity (Wildman–Crippen MR) is 79.3 cm³/mol. The normalized spacial score (nSPS) is 10.7. The third kappa shape index (κ3) is 5.44. The van der Waals surface area contributed by atoms with Gasteiger partial charge in [0.05, 0.1) is 5.69 Å². The fourth-order valence-corrected chi connectivity index (χ4v) is 1.70. The minimum absolute atomic E-state index is 0.00898. The van der Waals surface area contributed by atoms with Gasteiger partial charge in [-0.1, -0.05) is 18.7 Å². The molecule has 1 aromatic rings. The van der Waals surface area contributed by atoms with Crippen LogP contribution in [-0.4, -0.2) is 17.3 Å². The van der Waals surface area contributed by atoms with Crippen molar-refractivity contribution in [2.45, 2.75) is 19.8 Å². The molecular weight excluding hydrogens is 260 g/mol. The number of carbonyl (C=O) groups is 1. The monoisotopic (exact) mass is 276 g/mol. The van der Waals surface area contributed by atoms with Crippen LogP contribution in [0, 0.1) is 11.5 Å². The number of hydrogen-bond donors (Lipinski definition) is 2. The van der Waals surface area contributed by atoms with E-state index in [9.17, 15) is 4.79 Å². The van der Waals surface area contributed by atoms with Crippen molar-refractivity contribution in [3.05, 3.63) is 24.3 Å². The van der Waals surface area contributed by atoms with Crippen molar-refractivity contribution in [2.75, 3.05) is 11.6 Å². The van der Waals surface area contributed by atoms with E-state index < -0.39 is 0 Å². The summed E-state index contributed by atoms with van der Waals surface area (Å²) in [6, 6.07) is 7.15. The fourth-order valence-electron chi connectivity index (χ4n) is 1.36. The topological polar surface area (TPSA) is 77.3 Å². The molecule has 2 N–H and O–H groups in total. The van der Waals surface area contributed by atoms with Crippen LogP contribution in [0.25, 0.3) is 0 Å². The molecule has 0 atom stereocenters. The van der Waals surface area contributed by atoms with E-state index in [2.05, 4.69) is 15.6 Å². The molecule has 0 saturated heterocycles. The van der Waals surface area contributed by atoms with Crippen molar-refractivity contribution < 1.29 is 4.79 Å². The molecule has 0 heterocycles. The average molecular weight is 276 g/mol. The van der Waals surface area contributed by atoms with Crippen LogP contribution in [0.15, 0.2) is 29.3 Å². The molecule has 0 aliphatic rings. The number of nitrogens with one attached hydrogen (secondary N) is 2. The summed E-state index contributed by atoms with van der Waals surface area (Å²) in [5.74, 6) is 0.00898.